The first-order valence-corrected chi connectivity index (χ1v) is 7.02. The van der Waals surface area contributed by atoms with Crippen LogP contribution in [-0.4, -0.2) is 22.5 Å². The maximum atomic E-state index is 12.3. The van der Waals surface area contributed by atoms with Gasteiger partial charge in [0, 0.05) is 17.3 Å². The molecule has 0 radical (unpaired) electrons. The van der Waals surface area contributed by atoms with Gasteiger partial charge in [0.1, 0.15) is 11.5 Å². The maximum absolute atomic E-state index is 12.3. The van der Waals surface area contributed by atoms with Gasteiger partial charge in [0.15, 0.2) is 5.78 Å². The number of furan rings is 1. The Kier molecular flexibility index (Phi) is 3.80. The van der Waals surface area contributed by atoms with Gasteiger partial charge in [-0.15, -0.1) is 0 Å². The minimum atomic E-state index is -0.415. The van der Waals surface area contributed by atoms with Crippen molar-refractivity contribution in [2.75, 3.05) is 5.32 Å². The molecule has 116 valence electrons. The standard InChI is InChI=1S/C17H14N2O4/c1-11(20)12-4-6-13(7-5-12)18-15-9-16(21)19(17(15)22)10-14-3-2-8-23-14/h2-9,18H,10H2,1H3. The summed E-state index contributed by atoms with van der Waals surface area (Å²) in [5.41, 5.74) is 1.40. The molecular weight excluding hydrogens is 296 g/mol. The van der Waals surface area contributed by atoms with E-state index < -0.39 is 11.8 Å². The monoisotopic (exact) mass is 310 g/mol. The van der Waals surface area contributed by atoms with Crippen LogP contribution in [0.1, 0.15) is 23.0 Å². The number of nitrogens with one attached hydrogen (secondary N) is 1. The zero-order valence-corrected chi connectivity index (χ0v) is 12.4. The lowest BCUT2D eigenvalue weighted by Crippen LogP contribution is -2.31. The molecule has 0 atom stereocenters. The molecule has 0 aliphatic carbocycles. The van der Waals surface area contributed by atoms with Crippen molar-refractivity contribution in [2.45, 2.75) is 13.5 Å². The van der Waals surface area contributed by atoms with E-state index in [1.54, 1.807) is 36.4 Å². The molecule has 0 bridgehead atoms. The van der Waals surface area contributed by atoms with Crippen molar-refractivity contribution in [2.24, 2.45) is 0 Å². The summed E-state index contributed by atoms with van der Waals surface area (Å²) < 4.78 is 5.16. The van der Waals surface area contributed by atoms with E-state index in [9.17, 15) is 14.4 Å². The Bertz CT molecular complexity index is 789. The molecule has 6 nitrogen and oxygen atoms in total. The molecule has 0 spiro atoms. The SMILES string of the molecule is CC(=O)c1ccc(NC2=CC(=O)N(Cc3ccco3)C2=O)cc1. The highest BCUT2D eigenvalue weighted by Crippen LogP contribution is 2.20. The van der Waals surface area contributed by atoms with E-state index in [0.29, 0.717) is 17.0 Å². The van der Waals surface area contributed by atoms with E-state index in [-0.39, 0.29) is 18.0 Å². The third-order valence-electron chi connectivity index (χ3n) is 3.47. The molecule has 1 N–H and O–H groups in total. The molecule has 0 saturated heterocycles. The zero-order chi connectivity index (χ0) is 16.4. The average Bonchev–Trinajstić information content (AvgIpc) is 3.12. The van der Waals surface area contributed by atoms with E-state index >= 15 is 0 Å². The van der Waals surface area contributed by atoms with Crippen LogP contribution < -0.4 is 5.32 Å². The van der Waals surface area contributed by atoms with Crippen molar-refractivity contribution < 1.29 is 18.8 Å². The van der Waals surface area contributed by atoms with Gasteiger partial charge in [-0.1, -0.05) is 0 Å². The van der Waals surface area contributed by atoms with Crippen LogP contribution in [-0.2, 0) is 16.1 Å². The van der Waals surface area contributed by atoms with E-state index in [0.717, 1.165) is 4.90 Å². The number of Topliss-reactive ketones (excluding diaryl/α,β-unsaturated/α-hetero) is 1. The van der Waals surface area contributed by atoms with E-state index in [4.69, 9.17) is 4.42 Å². The first kappa shape index (κ1) is 14.8. The number of amides is 2. The molecular formula is C17H14N2O4. The fraction of sp³-hybridized carbons (Fsp3) is 0.118. The fourth-order valence-corrected chi connectivity index (χ4v) is 2.25. The first-order chi connectivity index (χ1) is 11.0. The van der Waals surface area contributed by atoms with E-state index in [1.165, 1.54) is 19.3 Å². The summed E-state index contributed by atoms with van der Waals surface area (Å²) in [5.74, 6) is -0.309. The van der Waals surface area contributed by atoms with Crippen molar-refractivity contribution in [3.63, 3.8) is 0 Å². The van der Waals surface area contributed by atoms with Crippen LogP contribution in [0.5, 0.6) is 0 Å². The number of imide groups is 1. The second kappa shape index (κ2) is 5.92. The van der Waals surface area contributed by atoms with Crippen molar-refractivity contribution in [3.05, 3.63) is 65.8 Å². The van der Waals surface area contributed by atoms with Crippen LogP contribution >= 0.6 is 0 Å². The molecule has 0 unspecified atom stereocenters. The van der Waals surface area contributed by atoms with Crippen molar-refractivity contribution in [1.29, 1.82) is 0 Å². The number of benzene rings is 1. The molecule has 2 heterocycles. The van der Waals surface area contributed by atoms with Gasteiger partial charge in [-0.3, -0.25) is 19.3 Å². The molecule has 2 amide bonds. The highest BCUT2D eigenvalue weighted by atomic mass is 16.3. The molecule has 23 heavy (non-hydrogen) atoms. The predicted octanol–water partition coefficient (Wildman–Crippen LogP) is 2.35. The summed E-state index contributed by atoms with van der Waals surface area (Å²) in [6.45, 7) is 1.58. The number of carbonyl (C=O) groups is 3. The second-order valence-corrected chi connectivity index (χ2v) is 5.13. The fourth-order valence-electron chi connectivity index (χ4n) is 2.25. The lowest BCUT2D eigenvalue weighted by molar-refractivity contribution is -0.138. The Balaban J connectivity index is 1.71. The van der Waals surface area contributed by atoms with Crippen LogP contribution in [0.2, 0.25) is 0 Å². The van der Waals surface area contributed by atoms with Gasteiger partial charge < -0.3 is 9.73 Å². The molecule has 0 fully saturated rings. The van der Waals surface area contributed by atoms with E-state index in [1.807, 2.05) is 0 Å². The third kappa shape index (κ3) is 3.06. The lowest BCUT2D eigenvalue weighted by atomic mass is 10.1. The topological polar surface area (TPSA) is 79.6 Å². The smallest absolute Gasteiger partial charge is 0.277 e. The Morgan fingerprint density at radius 2 is 1.91 bits per heavy atom. The predicted molar refractivity (Wildman–Crippen MR) is 82.4 cm³/mol. The summed E-state index contributed by atoms with van der Waals surface area (Å²) in [5, 5.41) is 2.90. The lowest BCUT2D eigenvalue weighted by Gasteiger charge is -2.13. The van der Waals surface area contributed by atoms with Crippen LogP contribution in [0.25, 0.3) is 0 Å². The molecule has 3 rings (SSSR count). The molecule has 2 aromatic rings. The summed E-state index contributed by atoms with van der Waals surface area (Å²) in [4.78, 5) is 36.6. The van der Waals surface area contributed by atoms with Crippen LogP contribution in [0.15, 0.2) is 58.9 Å². The van der Waals surface area contributed by atoms with Crippen molar-refractivity contribution >= 4 is 23.3 Å². The highest BCUT2D eigenvalue weighted by molar-refractivity contribution is 6.17. The molecule has 1 aliphatic heterocycles. The largest absolute Gasteiger partial charge is 0.467 e. The molecule has 0 saturated carbocycles. The van der Waals surface area contributed by atoms with Gasteiger partial charge in [0.2, 0.25) is 0 Å². The minimum absolute atomic E-state index is 0.0347. The molecule has 6 heteroatoms. The van der Waals surface area contributed by atoms with Crippen LogP contribution in [0.3, 0.4) is 0 Å². The van der Waals surface area contributed by atoms with Gasteiger partial charge in [-0.25, -0.2) is 0 Å². The van der Waals surface area contributed by atoms with Crippen molar-refractivity contribution in [3.8, 4) is 0 Å². The minimum Gasteiger partial charge on any atom is -0.467 e. The molecule has 1 aliphatic rings. The summed E-state index contributed by atoms with van der Waals surface area (Å²) in [6, 6.07) is 10.1. The first-order valence-electron chi connectivity index (χ1n) is 7.02. The van der Waals surface area contributed by atoms with Gasteiger partial charge >= 0.3 is 0 Å². The van der Waals surface area contributed by atoms with Crippen LogP contribution in [0.4, 0.5) is 5.69 Å². The van der Waals surface area contributed by atoms with Gasteiger partial charge in [-0.05, 0) is 43.3 Å². The summed E-state index contributed by atoms with van der Waals surface area (Å²) >= 11 is 0. The number of ketones is 1. The second-order valence-electron chi connectivity index (χ2n) is 5.13. The van der Waals surface area contributed by atoms with Gasteiger partial charge in [0.05, 0.1) is 12.8 Å². The normalized spacial score (nSPS) is 14.1. The van der Waals surface area contributed by atoms with Gasteiger partial charge in [0.25, 0.3) is 11.8 Å². The number of rotatable bonds is 5. The number of carbonyl (C=O) groups excluding carboxylic acids is 3. The third-order valence-corrected chi connectivity index (χ3v) is 3.47. The summed E-state index contributed by atoms with van der Waals surface area (Å²) in [7, 11) is 0. The number of anilines is 1. The quantitative estimate of drug-likeness (QED) is 0.677. The van der Waals surface area contributed by atoms with Crippen LogP contribution in [0, 0.1) is 0 Å². The number of hydrogen-bond donors (Lipinski definition) is 1. The molecule has 1 aromatic heterocycles. The Morgan fingerprint density at radius 3 is 2.52 bits per heavy atom. The zero-order valence-electron chi connectivity index (χ0n) is 12.4. The van der Waals surface area contributed by atoms with Crippen molar-refractivity contribution in [1.82, 2.24) is 4.90 Å². The van der Waals surface area contributed by atoms with Gasteiger partial charge in [-0.2, -0.15) is 0 Å². The Morgan fingerprint density at radius 1 is 1.17 bits per heavy atom. The number of hydrogen-bond acceptors (Lipinski definition) is 5. The summed E-state index contributed by atoms with van der Waals surface area (Å²) in [6.07, 6.45) is 2.74. The molecule has 1 aromatic carbocycles. The highest BCUT2D eigenvalue weighted by Gasteiger charge is 2.31. The average molecular weight is 310 g/mol. The van der Waals surface area contributed by atoms with E-state index in [2.05, 4.69) is 5.32 Å². The Labute approximate surface area is 132 Å². The Hall–Kier alpha value is -3.15. The maximum Gasteiger partial charge on any atom is 0.277 e. The number of nitrogens with zero attached hydrogens (tertiary/aromatic N) is 1.